The molecule has 1 nitrogen and oxygen atoms in total. The van der Waals surface area contributed by atoms with E-state index in [1.807, 2.05) is 19.1 Å². The van der Waals surface area contributed by atoms with E-state index in [0.717, 1.165) is 5.56 Å². The highest BCUT2D eigenvalue weighted by atomic mass is 35.5. The van der Waals surface area contributed by atoms with Gasteiger partial charge in [0, 0.05) is 26.2 Å². The Bertz CT molecular complexity index is 581. The molecule has 1 unspecified atom stereocenters. The van der Waals surface area contributed by atoms with Gasteiger partial charge in [-0.3, -0.25) is 0 Å². The summed E-state index contributed by atoms with van der Waals surface area (Å²) in [6.45, 7) is 1.89. The second-order valence-electron chi connectivity index (χ2n) is 4.05. The van der Waals surface area contributed by atoms with Gasteiger partial charge in [0.05, 0.1) is 0 Å². The first kappa shape index (κ1) is 13.7. The second kappa shape index (κ2) is 5.50. The molecular weight excluding hydrogens is 291 g/mol. The molecule has 2 rings (SSSR count). The maximum atomic E-state index is 10.4. The van der Waals surface area contributed by atoms with E-state index in [9.17, 15) is 5.11 Å². The quantitative estimate of drug-likeness (QED) is 0.824. The number of hydrogen-bond acceptors (Lipinski definition) is 1. The topological polar surface area (TPSA) is 20.2 Å². The molecule has 4 heteroatoms. The summed E-state index contributed by atoms with van der Waals surface area (Å²) in [6, 6.07) is 10.5. The third kappa shape index (κ3) is 2.65. The molecule has 2 aromatic rings. The van der Waals surface area contributed by atoms with Gasteiger partial charge in [-0.25, -0.2) is 0 Å². The molecule has 0 heterocycles. The smallest absolute Gasteiger partial charge is 0.107 e. The summed E-state index contributed by atoms with van der Waals surface area (Å²) >= 11 is 18.1. The number of halogens is 3. The van der Waals surface area contributed by atoms with E-state index in [1.54, 1.807) is 24.3 Å². The molecule has 1 N–H and O–H groups in total. The first-order chi connectivity index (χ1) is 8.50. The van der Waals surface area contributed by atoms with Crippen LogP contribution in [0.15, 0.2) is 36.4 Å². The van der Waals surface area contributed by atoms with Crippen molar-refractivity contribution in [1.29, 1.82) is 0 Å². The van der Waals surface area contributed by atoms with Gasteiger partial charge in [-0.05, 0) is 24.6 Å². The van der Waals surface area contributed by atoms with Crippen LogP contribution in [0.25, 0.3) is 0 Å². The molecule has 0 saturated heterocycles. The summed E-state index contributed by atoms with van der Waals surface area (Å²) < 4.78 is 0. The lowest BCUT2D eigenvalue weighted by molar-refractivity contribution is 0.220. The molecular formula is C14H11Cl3O. The van der Waals surface area contributed by atoms with Gasteiger partial charge in [0.15, 0.2) is 0 Å². The first-order valence-electron chi connectivity index (χ1n) is 5.38. The third-order valence-corrected chi connectivity index (χ3v) is 3.85. The van der Waals surface area contributed by atoms with Gasteiger partial charge in [0.2, 0.25) is 0 Å². The van der Waals surface area contributed by atoms with E-state index in [1.165, 1.54) is 0 Å². The Morgan fingerprint density at radius 3 is 2.39 bits per heavy atom. The minimum Gasteiger partial charge on any atom is -0.384 e. The summed E-state index contributed by atoms with van der Waals surface area (Å²) in [7, 11) is 0. The number of hydrogen-bond donors (Lipinski definition) is 1. The van der Waals surface area contributed by atoms with Crippen molar-refractivity contribution in [2.24, 2.45) is 0 Å². The predicted octanol–water partition coefficient (Wildman–Crippen LogP) is 5.04. The Kier molecular flexibility index (Phi) is 4.18. The van der Waals surface area contributed by atoms with E-state index in [-0.39, 0.29) is 0 Å². The highest BCUT2D eigenvalue weighted by molar-refractivity contribution is 6.35. The number of aliphatic hydroxyl groups excluding tert-OH is 1. The fourth-order valence-corrected chi connectivity index (χ4v) is 2.51. The van der Waals surface area contributed by atoms with Gasteiger partial charge in [0.25, 0.3) is 0 Å². The van der Waals surface area contributed by atoms with E-state index in [2.05, 4.69) is 0 Å². The number of benzene rings is 2. The lowest BCUT2D eigenvalue weighted by Crippen LogP contribution is -2.02. The van der Waals surface area contributed by atoms with Crippen molar-refractivity contribution in [3.8, 4) is 0 Å². The molecule has 0 aliphatic rings. The number of rotatable bonds is 2. The third-order valence-electron chi connectivity index (χ3n) is 2.77. The fraction of sp³-hybridized carbons (Fsp3) is 0.143. The van der Waals surface area contributed by atoms with Crippen molar-refractivity contribution in [3.05, 3.63) is 68.2 Å². The predicted molar refractivity (Wildman–Crippen MR) is 76.7 cm³/mol. The SMILES string of the molecule is Cc1cccc(C(O)c2ccc(Cl)cc2Cl)c1Cl. The minimum atomic E-state index is -0.859. The highest BCUT2D eigenvalue weighted by Gasteiger charge is 2.17. The normalized spacial score (nSPS) is 12.5. The van der Waals surface area contributed by atoms with E-state index < -0.39 is 6.10 Å². The van der Waals surface area contributed by atoms with Crippen LogP contribution in [0.4, 0.5) is 0 Å². The zero-order valence-electron chi connectivity index (χ0n) is 9.62. The highest BCUT2D eigenvalue weighted by Crippen LogP contribution is 2.34. The van der Waals surface area contributed by atoms with Crippen LogP contribution < -0.4 is 0 Å². The molecule has 0 aliphatic carbocycles. The summed E-state index contributed by atoms with van der Waals surface area (Å²) in [4.78, 5) is 0. The largest absolute Gasteiger partial charge is 0.384 e. The molecule has 0 aromatic heterocycles. The molecule has 0 bridgehead atoms. The zero-order chi connectivity index (χ0) is 13.3. The maximum absolute atomic E-state index is 10.4. The molecule has 0 aliphatic heterocycles. The Labute approximate surface area is 121 Å². The average molecular weight is 302 g/mol. The van der Waals surface area contributed by atoms with Crippen molar-refractivity contribution in [1.82, 2.24) is 0 Å². The Morgan fingerprint density at radius 1 is 1.00 bits per heavy atom. The zero-order valence-corrected chi connectivity index (χ0v) is 11.9. The van der Waals surface area contributed by atoms with Gasteiger partial charge >= 0.3 is 0 Å². The van der Waals surface area contributed by atoms with E-state index >= 15 is 0 Å². The van der Waals surface area contributed by atoms with Crippen LogP contribution in [0.3, 0.4) is 0 Å². The molecule has 94 valence electrons. The summed E-state index contributed by atoms with van der Waals surface area (Å²) in [5, 5.41) is 11.9. The van der Waals surface area contributed by atoms with Crippen LogP contribution in [0, 0.1) is 6.92 Å². The van der Waals surface area contributed by atoms with Gasteiger partial charge in [-0.1, -0.05) is 59.1 Å². The summed E-state index contributed by atoms with van der Waals surface area (Å²) in [5.74, 6) is 0. The lowest BCUT2D eigenvalue weighted by Gasteiger charge is -2.15. The van der Waals surface area contributed by atoms with Crippen LogP contribution in [0.5, 0.6) is 0 Å². The van der Waals surface area contributed by atoms with Crippen LogP contribution in [-0.2, 0) is 0 Å². The van der Waals surface area contributed by atoms with Crippen molar-refractivity contribution < 1.29 is 5.11 Å². The summed E-state index contributed by atoms with van der Waals surface area (Å²) in [6.07, 6.45) is -0.859. The maximum Gasteiger partial charge on any atom is 0.107 e. The molecule has 1 atom stereocenters. The molecule has 0 fully saturated rings. The Hall–Kier alpha value is -0.730. The van der Waals surface area contributed by atoms with Crippen LogP contribution in [-0.4, -0.2) is 5.11 Å². The monoisotopic (exact) mass is 300 g/mol. The Morgan fingerprint density at radius 2 is 1.72 bits per heavy atom. The van der Waals surface area contributed by atoms with Crippen molar-refractivity contribution >= 4 is 34.8 Å². The summed E-state index contributed by atoms with van der Waals surface area (Å²) in [5.41, 5.74) is 2.15. The molecule has 0 radical (unpaired) electrons. The molecule has 18 heavy (non-hydrogen) atoms. The van der Waals surface area contributed by atoms with Gasteiger partial charge in [0.1, 0.15) is 6.10 Å². The standard InChI is InChI=1S/C14H11Cl3O/c1-8-3-2-4-11(13(8)17)14(18)10-6-5-9(15)7-12(10)16/h2-7,14,18H,1H3. The average Bonchev–Trinajstić information content (AvgIpc) is 2.32. The van der Waals surface area contributed by atoms with Gasteiger partial charge in [-0.15, -0.1) is 0 Å². The first-order valence-corrected chi connectivity index (χ1v) is 6.52. The molecule has 0 spiro atoms. The number of aryl methyl sites for hydroxylation is 1. The van der Waals surface area contributed by atoms with Crippen LogP contribution in [0.2, 0.25) is 15.1 Å². The molecule has 0 saturated carbocycles. The van der Waals surface area contributed by atoms with Gasteiger partial charge in [-0.2, -0.15) is 0 Å². The Balaban J connectivity index is 2.48. The molecule has 2 aromatic carbocycles. The molecule has 0 amide bonds. The van der Waals surface area contributed by atoms with Crippen molar-refractivity contribution in [2.75, 3.05) is 0 Å². The van der Waals surface area contributed by atoms with Crippen LogP contribution in [0.1, 0.15) is 22.8 Å². The lowest BCUT2D eigenvalue weighted by atomic mass is 10.00. The van der Waals surface area contributed by atoms with Crippen molar-refractivity contribution in [2.45, 2.75) is 13.0 Å². The van der Waals surface area contributed by atoms with Gasteiger partial charge < -0.3 is 5.11 Å². The van der Waals surface area contributed by atoms with Crippen molar-refractivity contribution in [3.63, 3.8) is 0 Å². The number of aliphatic hydroxyl groups is 1. The van der Waals surface area contributed by atoms with Crippen LogP contribution >= 0.6 is 34.8 Å². The van der Waals surface area contributed by atoms with E-state index in [0.29, 0.717) is 26.2 Å². The van der Waals surface area contributed by atoms with E-state index in [4.69, 9.17) is 34.8 Å². The second-order valence-corrected chi connectivity index (χ2v) is 5.27. The fourth-order valence-electron chi connectivity index (χ4n) is 1.77. The minimum absolute atomic E-state index is 0.424.